The van der Waals surface area contributed by atoms with Crippen molar-refractivity contribution in [3.63, 3.8) is 0 Å². The highest BCUT2D eigenvalue weighted by Gasteiger charge is 2.35. The predicted octanol–water partition coefficient (Wildman–Crippen LogP) is 5.08. The van der Waals surface area contributed by atoms with Crippen molar-refractivity contribution >= 4 is 42.6 Å². The van der Waals surface area contributed by atoms with Crippen molar-refractivity contribution in [3.05, 3.63) is 83.4 Å². The van der Waals surface area contributed by atoms with Gasteiger partial charge in [-0.1, -0.05) is 23.5 Å². The fourth-order valence-electron chi connectivity index (χ4n) is 4.71. The number of fused-ring (bicyclic) bond motifs is 1. The maximum absolute atomic E-state index is 13.9. The minimum Gasteiger partial charge on any atom is -0.283 e. The Balaban J connectivity index is 1.39. The molecule has 4 aromatic rings. The molecular formula is C27H27FN4O3S2. The number of pyridine rings is 1. The molecule has 0 spiro atoms. The summed E-state index contributed by atoms with van der Waals surface area (Å²) in [5, 5.41) is 0.624. The Hall–Kier alpha value is -3.21. The number of thiazole rings is 1. The third-order valence-electron chi connectivity index (χ3n) is 6.62. The van der Waals surface area contributed by atoms with Crippen molar-refractivity contribution < 1.29 is 17.6 Å². The summed E-state index contributed by atoms with van der Waals surface area (Å²) in [7, 11) is -3.75. The number of benzene rings is 2. The van der Waals surface area contributed by atoms with E-state index in [1.807, 2.05) is 32.0 Å². The second kappa shape index (κ2) is 10.3. The first-order chi connectivity index (χ1) is 17.7. The number of nitrogens with zero attached hydrogens (tertiary/aromatic N) is 4. The Morgan fingerprint density at radius 3 is 2.54 bits per heavy atom. The summed E-state index contributed by atoms with van der Waals surface area (Å²) in [6.07, 6.45) is 4.22. The van der Waals surface area contributed by atoms with Crippen LogP contribution in [0.15, 0.2) is 65.8 Å². The molecule has 3 heterocycles. The lowest BCUT2D eigenvalue weighted by atomic mass is 9.96. The van der Waals surface area contributed by atoms with Gasteiger partial charge in [0.25, 0.3) is 0 Å². The van der Waals surface area contributed by atoms with Gasteiger partial charge in [0.05, 0.1) is 21.7 Å². The summed E-state index contributed by atoms with van der Waals surface area (Å²) >= 11 is 1.49. The first kappa shape index (κ1) is 25.4. The fourth-order valence-corrected chi connectivity index (χ4v) is 7.20. The number of carbonyl (C=O) groups excluding carboxylic acids is 1. The van der Waals surface area contributed by atoms with Gasteiger partial charge in [0.15, 0.2) is 5.13 Å². The molecule has 0 unspecified atom stereocenters. The quantitative estimate of drug-likeness (QED) is 0.342. The maximum atomic E-state index is 13.9. The number of amides is 1. The van der Waals surface area contributed by atoms with Crippen LogP contribution in [0.25, 0.3) is 10.2 Å². The van der Waals surface area contributed by atoms with Crippen molar-refractivity contribution in [2.75, 3.05) is 18.0 Å². The average molecular weight is 539 g/mol. The number of hydrogen-bond donors (Lipinski definition) is 0. The SMILES string of the molecule is Cc1cc(C)c2sc(N(Cc3cccnc3)C(=O)C3CCN(S(=O)(=O)c4ccc(F)cc4)CC3)nc2c1. The second-order valence-corrected chi connectivity index (χ2v) is 12.3. The molecule has 0 bridgehead atoms. The molecule has 2 aromatic heterocycles. The number of anilines is 1. The highest BCUT2D eigenvalue weighted by Crippen LogP contribution is 2.35. The average Bonchev–Trinajstić information content (AvgIpc) is 3.32. The molecule has 0 atom stereocenters. The van der Waals surface area contributed by atoms with E-state index in [0.29, 0.717) is 24.5 Å². The number of aromatic nitrogens is 2. The number of piperidine rings is 1. The minimum atomic E-state index is -3.75. The van der Waals surface area contributed by atoms with E-state index < -0.39 is 15.8 Å². The van der Waals surface area contributed by atoms with Crippen molar-refractivity contribution in [2.24, 2.45) is 5.92 Å². The van der Waals surface area contributed by atoms with Crippen LogP contribution >= 0.6 is 11.3 Å². The van der Waals surface area contributed by atoms with E-state index >= 15 is 0 Å². The number of aryl methyl sites for hydroxylation is 2. The normalized spacial score (nSPS) is 15.2. The molecule has 37 heavy (non-hydrogen) atoms. The van der Waals surface area contributed by atoms with Crippen LogP contribution in [0.5, 0.6) is 0 Å². The van der Waals surface area contributed by atoms with Gasteiger partial charge in [-0.15, -0.1) is 0 Å². The van der Waals surface area contributed by atoms with Gasteiger partial charge in [0.2, 0.25) is 15.9 Å². The first-order valence-corrected chi connectivity index (χ1v) is 14.3. The molecule has 1 fully saturated rings. The van der Waals surface area contributed by atoms with Gasteiger partial charge in [-0.25, -0.2) is 17.8 Å². The van der Waals surface area contributed by atoms with E-state index in [-0.39, 0.29) is 29.8 Å². The molecule has 1 amide bonds. The zero-order valence-electron chi connectivity index (χ0n) is 20.6. The van der Waals surface area contributed by atoms with Crippen LogP contribution < -0.4 is 4.90 Å². The van der Waals surface area contributed by atoms with Crippen LogP contribution in [-0.4, -0.2) is 41.7 Å². The Morgan fingerprint density at radius 1 is 1.14 bits per heavy atom. The van der Waals surface area contributed by atoms with E-state index in [1.54, 1.807) is 17.3 Å². The Kier molecular flexibility index (Phi) is 7.06. The molecule has 2 aromatic carbocycles. The smallest absolute Gasteiger partial charge is 0.243 e. The highest BCUT2D eigenvalue weighted by molar-refractivity contribution is 7.89. The number of carbonyl (C=O) groups is 1. The Labute approximate surface area is 219 Å². The van der Waals surface area contributed by atoms with Gasteiger partial charge in [-0.3, -0.25) is 14.7 Å². The molecule has 192 valence electrons. The monoisotopic (exact) mass is 538 g/mol. The predicted molar refractivity (Wildman–Crippen MR) is 142 cm³/mol. The standard InChI is InChI=1S/C27H27FN4O3S2/c1-18-14-19(2)25-24(15-18)30-27(36-25)32(17-20-4-3-11-29-16-20)26(33)21-9-12-31(13-10-21)37(34,35)23-7-5-22(28)6-8-23/h3-8,11,14-16,21H,9-10,12-13,17H2,1-2H3. The van der Waals surface area contributed by atoms with Crippen molar-refractivity contribution in [1.82, 2.24) is 14.3 Å². The van der Waals surface area contributed by atoms with Crippen LogP contribution in [0, 0.1) is 25.6 Å². The third-order valence-corrected chi connectivity index (χ3v) is 9.77. The van der Waals surface area contributed by atoms with Crippen molar-refractivity contribution in [3.8, 4) is 0 Å². The lowest BCUT2D eigenvalue weighted by molar-refractivity contribution is -0.123. The summed E-state index contributed by atoms with van der Waals surface area (Å²) in [6, 6.07) is 12.7. The maximum Gasteiger partial charge on any atom is 0.243 e. The number of sulfonamides is 1. The van der Waals surface area contributed by atoms with E-state index in [4.69, 9.17) is 4.98 Å². The molecule has 0 aliphatic carbocycles. The van der Waals surface area contributed by atoms with Crippen LogP contribution in [-0.2, 0) is 21.4 Å². The summed E-state index contributed by atoms with van der Waals surface area (Å²) in [5.74, 6) is -0.903. The Morgan fingerprint density at radius 2 is 1.86 bits per heavy atom. The van der Waals surface area contributed by atoms with E-state index in [0.717, 1.165) is 39.0 Å². The van der Waals surface area contributed by atoms with E-state index in [9.17, 15) is 17.6 Å². The first-order valence-electron chi connectivity index (χ1n) is 12.1. The second-order valence-electron chi connectivity index (χ2n) is 9.34. The van der Waals surface area contributed by atoms with Gasteiger partial charge in [0, 0.05) is 31.4 Å². The molecule has 0 N–H and O–H groups in total. The molecule has 1 saturated heterocycles. The van der Waals surface area contributed by atoms with Crippen molar-refractivity contribution in [1.29, 1.82) is 0 Å². The molecule has 10 heteroatoms. The fraction of sp³-hybridized carbons (Fsp3) is 0.296. The van der Waals surface area contributed by atoms with Crippen LogP contribution in [0.2, 0.25) is 0 Å². The molecule has 0 radical (unpaired) electrons. The van der Waals surface area contributed by atoms with Crippen molar-refractivity contribution in [2.45, 2.75) is 38.1 Å². The van der Waals surface area contributed by atoms with Gasteiger partial charge < -0.3 is 0 Å². The third kappa shape index (κ3) is 5.27. The largest absolute Gasteiger partial charge is 0.283 e. The molecule has 5 rings (SSSR count). The van der Waals surface area contributed by atoms with Crippen LogP contribution in [0.4, 0.5) is 9.52 Å². The molecular weight excluding hydrogens is 511 g/mol. The van der Waals surface area contributed by atoms with Gasteiger partial charge in [-0.2, -0.15) is 4.31 Å². The topological polar surface area (TPSA) is 83.5 Å². The lowest BCUT2D eigenvalue weighted by Gasteiger charge is -2.33. The number of hydrogen-bond acceptors (Lipinski definition) is 6. The van der Waals surface area contributed by atoms with Crippen LogP contribution in [0.1, 0.15) is 29.5 Å². The molecule has 0 saturated carbocycles. The summed E-state index contributed by atoms with van der Waals surface area (Å²) in [5.41, 5.74) is 3.98. The Bertz CT molecular complexity index is 1530. The molecule has 1 aliphatic rings. The molecule has 1 aliphatic heterocycles. The number of halogens is 1. The van der Waals surface area contributed by atoms with Gasteiger partial charge >= 0.3 is 0 Å². The zero-order chi connectivity index (χ0) is 26.2. The summed E-state index contributed by atoms with van der Waals surface area (Å²) < 4.78 is 41.7. The highest BCUT2D eigenvalue weighted by atomic mass is 32.2. The van der Waals surface area contributed by atoms with Crippen LogP contribution in [0.3, 0.4) is 0 Å². The number of rotatable bonds is 6. The summed E-state index contributed by atoms with van der Waals surface area (Å²) in [4.78, 5) is 24.6. The lowest BCUT2D eigenvalue weighted by Crippen LogP contribution is -2.44. The molecule has 7 nitrogen and oxygen atoms in total. The summed E-state index contributed by atoms with van der Waals surface area (Å²) in [6.45, 7) is 4.84. The minimum absolute atomic E-state index is 0.0528. The van der Waals surface area contributed by atoms with Gasteiger partial charge in [0.1, 0.15) is 5.82 Å². The van der Waals surface area contributed by atoms with E-state index in [2.05, 4.69) is 11.1 Å². The van der Waals surface area contributed by atoms with E-state index in [1.165, 1.54) is 27.8 Å². The zero-order valence-corrected chi connectivity index (χ0v) is 22.2. The van der Waals surface area contributed by atoms with Gasteiger partial charge in [-0.05, 0) is 79.8 Å².